The van der Waals surface area contributed by atoms with E-state index in [1.165, 1.54) is 0 Å². The summed E-state index contributed by atoms with van der Waals surface area (Å²) in [6, 6.07) is 5.74. The average Bonchev–Trinajstić information content (AvgIpc) is 2.17. The van der Waals surface area contributed by atoms with Gasteiger partial charge in [-0.3, -0.25) is 4.57 Å². The van der Waals surface area contributed by atoms with Gasteiger partial charge in [-0.15, -0.1) is 0 Å². The van der Waals surface area contributed by atoms with Crippen molar-refractivity contribution in [3.05, 3.63) is 23.8 Å². The molecule has 3 nitrogen and oxygen atoms in total. The maximum Gasteiger partial charge on any atom is 0.361 e. The van der Waals surface area contributed by atoms with Gasteiger partial charge in [0.15, 0.2) is 0 Å². The number of aryl methyl sites for hydroxylation is 1. The smallest absolute Gasteiger partial charge is 0.305 e. The first kappa shape index (κ1) is 13.5. The fourth-order valence-corrected chi connectivity index (χ4v) is 3.42. The highest BCUT2D eigenvalue weighted by Crippen LogP contribution is 2.47. The van der Waals surface area contributed by atoms with E-state index in [0.29, 0.717) is 18.5 Å². The van der Waals surface area contributed by atoms with E-state index in [9.17, 15) is 4.57 Å². The van der Waals surface area contributed by atoms with E-state index in [-0.39, 0.29) is 0 Å². The molecular weight excluding hydrogens is 222 g/mol. The Morgan fingerprint density at radius 1 is 1.25 bits per heavy atom. The molecule has 0 aliphatic rings. The number of hydrogen-bond donors (Lipinski definition) is 0. The van der Waals surface area contributed by atoms with Crippen molar-refractivity contribution in [1.29, 1.82) is 0 Å². The normalized spacial score (nSPS) is 11.7. The predicted molar refractivity (Wildman–Crippen MR) is 69.8 cm³/mol. The van der Waals surface area contributed by atoms with Gasteiger partial charge in [0, 0.05) is 0 Å². The summed E-state index contributed by atoms with van der Waals surface area (Å²) in [6.07, 6.45) is 0. The van der Waals surface area contributed by atoms with Crippen LogP contribution in [0, 0.1) is 6.92 Å². The Morgan fingerprint density at radius 2 is 1.81 bits per heavy atom. The molecule has 0 atom stereocenters. The van der Waals surface area contributed by atoms with Crippen LogP contribution < -0.4 is 10.8 Å². The molecule has 0 spiro atoms. The topological polar surface area (TPSA) is 35.5 Å². The number of rotatable bonds is 5. The van der Waals surface area contributed by atoms with E-state index in [4.69, 9.17) is 9.05 Å². The maximum absolute atomic E-state index is 12.5. The van der Waals surface area contributed by atoms with Gasteiger partial charge < -0.3 is 9.05 Å². The molecule has 0 aromatic heterocycles. The molecule has 16 heavy (non-hydrogen) atoms. The second-order valence-corrected chi connectivity index (χ2v) is 5.62. The van der Waals surface area contributed by atoms with E-state index in [1.807, 2.05) is 46.8 Å². The van der Waals surface area contributed by atoms with Crippen molar-refractivity contribution in [3.63, 3.8) is 0 Å². The summed E-state index contributed by atoms with van der Waals surface area (Å²) < 4.78 is 23.1. The van der Waals surface area contributed by atoms with E-state index in [2.05, 4.69) is 0 Å². The van der Waals surface area contributed by atoms with Crippen LogP contribution in [-0.2, 0) is 13.6 Å². The van der Waals surface area contributed by atoms with Crippen LogP contribution in [0.4, 0.5) is 0 Å². The first-order valence-electron chi connectivity index (χ1n) is 5.50. The van der Waals surface area contributed by atoms with Crippen molar-refractivity contribution in [3.8, 4) is 0 Å². The van der Waals surface area contributed by atoms with Gasteiger partial charge >= 0.3 is 7.60 Å². The molecule has 0 bridgehead atoms. The molecule has 5 heteroatoms. The van der Waals surface area contributed by atoms with Gasteiger partial charge in [-0.25, -0.2) is 0 Å². The van der Waals surface area contributed by atoms with Gasteiger partial charge in [0.25, 0.3) is 0 Å². The molecule has 0 fully saturated rings. The van der Waals surface area contributed by atoms with Gasteiger partial charge in [-0.05, 0) is 32.4 Å². The van der Waals surface area contributed by atoms with Crippen LogP contribution >= 0.6 is 7.60 Å². The quantitative estimate of drug-likeness (QED) is 0.572. The van der Waals surface area contributed by atoms with Crippen molar-refractivity contribution in [1.82, 2.24) is 0 Å². The van der Waals surface area contributed by atoms with Gasteiger partial charge in [-0.2, -0.15) is 0 Å². The molecule has 1 aromatic carbocycles. The maximum atomic E-state index is 12.5. The van der Waals surface area contributed by atoms with Crippen LogP contribution in [0.2, 0.25) is 0 Å². The molecule has 0 radical (unpaired) electrons. The third-order valence-corrected chi connectivity index (χ3v) is 4.53. The second kappa shape index (κ2) is 5.67. The first-order valence-corrected chi connectivity index (χ1v) is 7.04. The minimum atomic E-state index is -3.13. The van der Waals surface area contributed by atoms with Gasteiger partial charge in [0.05, 0.1) is 18.5 Å². The van der Waals surface area contributed by atoms with Gasteiger partial charge in [0.2, 0.25) is 0 Å². The number of hydrogen-bond acceptors (Lipinski definition) is 3. The molecule has 0 saturated carbocycles. The lowest BCUT2D eigenvalue weighted by Gasteiger charge is -2.19. The van der Waals surface area contributed by atoms with Crippen LogP contribution in [0.3, 0.4) is 0 Å². The molecule has 1 aromatic rings. The largest absolute Gasteiger partial charge is 0.361 e. The third kappa shape index (κ3) is 2.97. The highest BCUT2D eigenvalue weighted by molar-refractivity contribution is 7.62. The lowest BCUT2D eigenvalue weighted by atomic mass is 9.95. The van der Waals surface area contributed by atoms with Crippen LogP contribution in [0.5, 0.6) is 0 Å². The van der Waals surface area contributed by atoms with Crippen LogP contribution in [0.1, 0.15) is 19.4 Å². The Balaban J connectivity index is 3.15. The average molecular weight is 240 g/mol. The van der Waals surface area contributed by atoms with E-state index in [1.54, 1.807) is 0 Å². The molecule has 0 unspecified atom stereocenters. The molecular formula is C11H18BO3P. The van der Waals surface area contributed by atoms with Crippen LogP contribution in [-0.4, -0.2) is 21.1 Å². The van der Waals surface area contributed by atoms with Crippen LogP contribution in [0.25, 0.3) is 0 Å². The Labute approximate surface area is 98.1 Å². The molecule has 0 N–H and O–H groups in total. The summed E-state index contributed by atoms with van der Waals surface area (Å²) in [5.74, 6) is 0. The molecule has 0 aliphatic heterocycles. The van der Waals surface area contributed by atoms with Crippen molar-refractivity contribution in [2.75, 3.05) is 13.2 Å². The second-order valence-electron chi connectivity index (χ2n) is 3.62. The molecule has 0 aliphatic carbocycles. The summed E-state index contributed by atoms with van der Waals surface area (Å²) in [5.41, 5.74) is 2.09. The first-order chi connectivity index (χ1) is 7.53. The summed E-state index contributed by atoms with van der Waals surface area (Å²) in [4.78, 5) is 0. The minimum Gasteiger partial charge on any atom is -0.305 e. The zero-order valence-electron chi connectivity index (χ0n) is 10.3. The lowest BCUT2D eigenvalue weighted by molar-refractivity contribution is 0.230. The summed E-state index contributed by atoms with van der Waals surface area (Å²) in [6.45, 7) is 6.31. The fraction of sp³-hybridized carbons (Fsp3) is 0.455. The molecule has 0 amide bonds. The highest BCUT2D eigenvalue weighted by Gasteiger charge is 2.28. The summed E-state index contributed by atoms with van der Waals surface area (Å²) in [7, 11) is -1.13. The lowest BCUT2D eigenvalue weighted by Crippen LogP contribution is -2.17. The zero-order chi connectivity index (χ0) is 12.2. The predicted octanol–water partition coefficient (Wildman–Crippen LogP) is 1.14. The minimum absolute atomic E-state index is 0.380. The van der Waals surface area contributed by atoms with Crippen molar-refractivity contribution in [2.24, 2.45) is 0 Å². The Bertz CT molecular complexity index is 396. The fourth-order valence-electron chi connectivity index (χ4n) is 1.63. The standard InChI is InChI=1S/C11H18BO3P/c1-4-14-16(13,15-5-2)11-7-6-10(12)8-9(11)3/h6-8H,4-5,12H2,1-3H3. The third-order valence-electron chi connectivity index (χ3n) is 2.25. The highest BCUT2D eigenvalue weighted by atomic mass is 31.2. The summed E-state index contributed by atoms with van der Waals surface area (Å²) in [5, 5.41) is 0.668. The Kier molecular flexibility index (Phi) is 4.78. The summed E-state index contributed by atoms with van der Waals surface area (Å²) >= 11 is 0. The van der Waals surface area contributed by atoms with E-state index < -0.39 is 7.60 Å². The molecule has 0 heterocycles. The SMILES string of the molecule is Bc1ccc(P(=O)(OCC)OCC)c(C)c1. The monoisotopic (exact) mass is 240 g/mol. The zero-order valence-corrected chi connectivity index (χ0v) is 11.2. The Morgan fingerprint density at radius 3 is 2.25 bits per heavy atom. The van der Waals surface area contributed by atoms with E-state index in [0.717, 1.165) is 11.0 Å². The van der Waals surface area contributed by atoms with Crippen molar-refractivity contribution >= 4 is 26.2 Å². The number of benzene rings is 1. The molecule has 1 rings (SSSR count). The van der Waals surface area contributed by atoms with Gasteiger partial charge in [0.1, 0.15) is 7.85 Å². The van der Waals surface area contributed by atoms with Crippen molar-refractivity contribution < 1.29 is 13.6 Å². The Hall–Kier alpha value is -0.565. The van der Waals surface area contributed by atoms with Crippen molar-refractivity contribution in [2.45, 2.75) is 20.8 Å². The van der Waals surface area contributed by atoms with Gasteiger partial charge in [-0.1, -0.05) is 17.6 Å². The molecule has 88 valence electrons. The van der Waals surface area contributed by atoms with Crippen LogP contribution in [0.15, 0.2) is 18.2 Å². The molecule has 0 saturated heterocycles. The van der Waals surface area contributed by atoms with E-state index >= 15 is 0 Å².